The van der Waals surface area contributed by atoms with Crippen LogP contribution in [0.15, 0.2) is 41.2 Å². The second kappa shape index (κ2) is 10.5. The highest BCUT2D eigenvalue weighted by atomic mass is 19.3. The van der Waals surface area contributed by atoms with Crippen molar-refractivity contribution in [3.8, 4) is 11.8 Å². The number of nitrogens with one attached hydrogen (secondary N) is 1. The van der Waals surface area contributed by atoms with Crippen LogP contribution >= 0.6 is 0 Å². The van der Waals surface area contributed by atoms with Crippen molar-refractivity contribution in [3.05, 3.63) is 63.8 Å². The molecular formula is C26H24F2N6O4. The fourth-order valence-electron chi connectivity index (χ4n) is 4.64. The second-order valence-electron chi connectivity index (χ2n) is 9.13. The first-order valence-corrected chi connectivity index (χ1v) is 12.1. The van der Waals surface area contributed by atoms with Crippen molar-refractivity contribution in [2.24, 2.45) is 0 Å². The number of imidazole rings is 1. The first kappa shape index (κ1) is 25.3. The number of benzene rings is 2. The van der Waals surface area contributed by atoms with Gasteiger partial charge in [-0.3, -0.25) is 9.59 Å². The molecule has 1 atom stereocenters. The third kappa shape index (κ3) is 5.19. The van der Waals surface area contributed by atoms with Crippen LogP contribution in [0.25, 0.3) is 21.8 Å². The van der Waals surface area contributed by atoms with Crippen molar-refractivity contribution in [3.63, 3.8) is 0 Å². The number of piperidine rings is 1. The number of aromatic amines is 1. The standard InChI is InChI=1S/C26H24F2N6O4/c27-23(28)14-38-22-9-21-20(8-15(22)11-29)30-24(31-21)10-19-17-5-1-2-6-18(17)26(37)34(32-19)13-25(36)33-7-3-4-16(35)12-33/h1-2,5-6,8-9,16,23,35H,3-4,7,10,12-14H2,(H,30,31). The minimum atomic E-state index is -2.69. The van der Waals surface area contributed by atoms with Crippen LogP contribution in [0.3, 0.4) is 0 Å². The summed E-state index contributed by atoms with van der Waals surface area (Å²) >= 11 is 0. The summed E-state index contributed by atoms with van der Waals surface area (Å²) in [6.07, 6.45) is -1.78. The summed E-state index contributed by atoms with van der Waals surface area (Å²) in [7, 11) is 0. The molecule has 10 nitrogen and oxygen atoms in total. The van der Waals surface area contributed by atoms with Crippen LogP contribution in [0.2, 0.25) is 0 Å². The topological polar surface area (TPSA) is 137 Å². The van der Waals surface area contributed by atoms with Gasteiger partial charge in [0.05, 0.1) is 40.2 Å². The van der Waals surface area contributed by atoms with E-state index in [4.69, 9.17) is 4.74 Å². The Balaban J connectivity index is 1.48. The van der Waals surface area contributed by atoms with Gasteiger partial charge < -0.3 is 19.7 Å². The summed E-state index contributed by atoms with van der Waals surface area (Å²) in [6.45, 7) is -0.373. The zero-order valence-corrected chi connectivity index (χ0v) is 20.2. The van der Waals surface area contributed by atoms with E-state index in [0.29, 0.717) is 52.7 Å². The number of aromatic nitrogens is 4. The number of aliphatic hydroxyl groups is 1. The minimum Gasteiger partial charge on any atom is -0.486 e. The number of amides is 1. The molecule has 1 aliphatic heterocycles. The largest absolute Gasteiger partial charge is 0.486 e. The number of ether oxygens (including phenoxy) is 1. The molecule has 2 aromatic carbocycles. The molecule has 3 heterocycles. The van der Waals surface area contributed by atoms with Crippen LogP contribution in [0.5, 0.6) is 5.75 Å². The summed E-state index contributed by atoms with van der Waals surface area (Å²) in [6, 6.07) is 11.8. The summed E-state index contributed by atoms with van der Waals surface area (Å²) in [5, 5.41) is 24.8. The predicted molar refractivity (Wildman–Crippen MR) is 133 cm³/mol. The molecule has 0 saturated carbocycles. The number of nitrogens with zero attached hydrogens (tertiary/aromatic N) is 5. The van der Waals surface area contributed by atoms with Crippen LogP contribution in [0, 0.1) is 11.3 Å². The van der Waals surface area contributed by atoms with Crippen molar-refractivity contribution in [1.29, 1.82) is 5.26 Å². The number of alkyl halides is 2. The van der Waals surface area contributed by atoms with Gasteiger partial charge >= 0.3 is 0 Å². The van der Waals surface area contributed by atoms with E-state index in [2.05, 4.69) is 15.1 Å². The highest BCUT2D eigenvalue weighted by Crippen LogP contribution is 2.26. The lowest BCUT2D eigenvalue weighted by Gasteiger charge is -2.30. The molecular weight excluding hydrogens is 498 g/mol. The van der Waals surface area contributed by atoms with Gasteiger partial charge in [-0.1, -0.05) is 18.2 Å². The Morgan fingerprint density at radius 2 is 2.08 bits per heavy atom. The Labute approximate surface area is 215 Å². The van der Waals surface area contributed by atoms with Crippen molar-refractivity contribution in [2.45, 2.75) is 38.3 Å². The van der Waals surface area contributed by atoms with Gasteiger partial charge in [-0.25, -0.2) is 18.4 Å². The average Bonchev–Trinajstić information content (AvgIpc) is 3.30. The lowest BCUT2D eigenvalue weighted by Crippen LogP contribution is -2.45. The number of β-amino-alcohol motifs (C(OH)–C–C–N with tert-alkyl or cyclic N) is 1. The van der Waals surface area contributed by atoms with E-state index in [9.17, 15) is 28.7 Å². The zero-order chi connectivity index (χ0) is 26.8. The Bertz CT molecular complexity index is 1610. The number of carbonyl (C=O) groups is 1. The number of fused-ring (bicyclic) bond motifs is 2. The van der Waals surface area contributed by atoms with E-state index in [0.717, 1.165) is 4.68 Å². The highest BCUT2D eigenvalue weighted by Gasteiger charge is 2.23. The molecule has 0 aliphatic carbocycles. The fraction of sp³-hybridized carbons (Fsp3) is 0.346. The Kier molecular flexibility index (Phi) is 7.02. The molecule has 0 radical (unpaired) electrons. The van der Waals surface area contributed by atoms with Crippen molar-refractivity contribution in [1.82, 2.24) is 24.6 Å². The molecule has 38 heavy (non-hydrogen) atoms. The first-order valence-electron chi connectivity index (χ1n) is 12.1. The molecule has 2 aromatic heterocycles. The summed E-state index contributed by atoms with van der Waals surface area (Å²) < 4.78 is 31.4. The van der Waals surface area contributed by atoms with Crippen molar-refractivity contribution in [2.75, 3.05) is 19.7 Å². The van der Waals surface area contributed by atoms with Gasteiger partial charge in [0.1, 0.15) is 30.8 Å². The molecule has 12 heteroatoms. The zero-order valence-electron chi connectivity index (χ0n) is 20.2. The number of hydrogen-bond acceptors (Lipinski definition) is 7. The van der Waals surface area contributed by atoms with E-state index in [1.165, 1.54) is 17.0 Å². The SMILES string of the molecule is N#Cc1cc2[nH]c(Cc3nn(CC(=O)N4CCCC(O)C4)c(=O)c4ccccc34)nc2cc1OCC(F)F. The third-order valence-electron chi connectivity index (χ3n) is 6.43. The van der Waals surface area contributed by atoms with Gasteiger partial charge in [-0.2, -0.15) is 10.4 Å². The molecule has 1 unspecified atom stereocenters. The van der Waals surface area contributed by atoms with Gasteiger partial charge in [-0.05, 0) is 25.0 Å². The van der Waals surface area contributed by atoms with E-state index in [1.807, 2.05) is 6.07 Å². The lowest BCUT2D eigenvalue weighted by atomic mass is 10.1. The van der Waals surface area contributed by atoms with Crippen LogP contribution < -0.4 is 10.3 Å². The molecule has 5 rings (SSSR count). The van der Waals surface area contributed by atoms with Crippen LogP contribution in [0.4, 0.5) is 8.78 Å². The number of rotatable bonds is 7. The molecule has 1 saturated heterocycles. The Morgan fingerprint density at radius 3 is 2.82 bits per heavy atom. The van der Waals surface area contributed by atoms with Gasteiger partial charge in [-0.15, -0.1) is 0 Å². The maximum Gasteiger partial charge on any atom is 0.275 e. The Morgan fingerprint density at radius 1 is 1.29 bits per heavy atom. The van der Waals surface area contributed by atoms with E-state index in [-0.39, 0.29) is 36.7 Å². The summed E-state index contributed by atoms with van der Waals surface area (Å²) in [5.41, 5.74) is 1.11. The van der Waals surface area contributed by atoms with Crippen LogP contribution in [0.1, 0.15) is 29.9 Å². The van der Waals surface area contributed by atoms with Crippen LogP contribution in [-0.4, -0.2) is 67.9 Å². The summed E-state index contributed by atoms with van der Waals surface area (Å²) in [5.74, 6) is 0.170. The number of aliphatic hydroxyl groups excluding tert-OH is 1. The number of carbonyl (C=O) groups excluding carboxylic acids is 1. The lowest BCUT2D eigenvalue weighted by molar-refractivity contribution is -0.135. The van der Waals surface area contributed by atoms with E-state index >= 15 is 0 Å². The second-order valence-corrected chi connectivity index (χ2v) is 9.13. The van der Waals surface area contributed by atoms with Gasteiger partial charge in [0.2, 0.25) is 5.91 Å². The van der Waals surface area contributed by atoms with Gasteiger partial charge in [0.25, 0.3) is 12.0 Å². The normalized spacial score (nSPS) is 15.8. The molecule has 196 valence electrons. The maximum atomic E-state index is 13.1. The highest BCUT2D eigenvalue weighted by molar-refractivity contribution is 5.85. The molecule has 1 fully saturated rings. The van der Waals surface area contributed by atoms with Crippen molar-refractivity contribution >= 4 is 27.7 Å². The number of H-pyrrole nitrogens is 1. The fourth-order valence-corrected chi connectivity index (χ4v) is 4.64. The molecule has 4 aromatic rings. The molecule has 0 spiro atoms. The number of hydrogen-bond donors (Lipinski definition) is 2. The molecule has 1 aliphatic rings. The van der Waals surface area contributed by atoms with Gasteiger partial charge in [0.15, 0.2) is 0 Å². The maximum absolute atomic E-state index is 13.1. The quantitative estimate of drug-likeness (QED) is 0.380. The van der Waals surface area contributed by atoms with Gasteiger partial charge in [0, 0.05) is 24.5 Å². The Hall–Kier alpha value is -4.37. The molecule has 1 amide bonds. The van der Waals surface area contributed by atoms with E-state index in [1.54, 1.807) is 24.3 Å². The molecule has 2 N–H and O–H groups in total. The predicted octanol–water partition coefficient (Wildman–Crippen LogP) is 2.36. The smallest absolute Gasteiger partial charge is 0.275 e. The van der Waals surface area contributed by atoms with Crippen LogP contribution in [-0.2, 0) is 17.8 Å². The van der Waals surface area contributed by atoms with Crippen molar-refractivity contribution < 1.29 is 23.4 Å². The third-order valence-corrected chi connectivity index (χ3v) is 6.43. The molecule has 0 bridgehead atoms. The number of nitriles is 1. The first-order chi connectivity index (χ1) is 18.3. The van der Waals surface area contributed by atoms with E-state index < -0.39 is 24.7 Å². The number of likely N-dealkylation sites (tertiary alicyclic amines) is 1. The number of halogens is 2. The minimum absolute atomic E-state index is 0.0109. The average molecular weight is 523 g/mol. The monoisotopic (exact) mass is 522 g/mol. The summed E-state index contributed by atoms with van der Waals surface area (Å²) in [4.78, 5) is 35.2.